The molecule has 0 nitrogen and oxygen atoms in total. The zero-order chi connectivity index (χ0) is 8.20. The van der Waals surface area contributed by atoms with Gasteiger partial charge in [-0.1, -0.05) is 40.2 Å². The van der Waals surface area contributed by atoms with Crippen LogP contribution in [0, 0.1) is 18.3 Å². The van der Waals surface area contributed by atoms with Gasteiger partial charge in [0.05, 0.1) is 0 Å². The molecule has 0 N–H and O–H groups in total. The van der Waals surface area contributed by atoms with E-state index in [1.54, 1.807) is 0 Å². The Morgan fingerprint density at radius 1 is 1.50 bits per heavy atom. The van der Waals surface area contributed by atoms with Gasteiger partial charge >= 0.3 is 0 Å². The van der Waals surface area contributed by atoms with Crippen LogP contribution in [0.25, 0.3) is 0 Å². The van der Waals surface area contributed by atoms with E-state index < -0.39 is 0 Å². The molecule has 0 aliphatic carbocycles. The fraction of sp³-hybridized carbons (Fsp3) is 0.700. The molecule has 0 aliphatic heterocycles. The first-order valence-electron chi connectivity index (χ1n) is 3.94. The van der Waals surface area contributed by atoms with E-state index in [-0.39, 0.29) is 5.41 Å². The first kappa shape index (κ1) is 9.74. The molecule has 0 heteroatoms. The van der Waals surface area contributed by atoms with Crippen molar-refractivity contribution in [2.75, 3.05) is 0 Å². The summed E-state index contributed by atoms with van der Waals surface area (Å²) in [5.41, 5.74) is 0.289. The van der Waals surface area contributed by atoms with Crippen molar-refractivity contribution in [2.45, 2.75) is 33.6 Å². The molecule has 1 unspecified atom stereocenters. The van der Waals surface area contributed by atoms with Crippen molar-refractivity contribution in [1.82, 2.24) is 0 Å². The summed E-state index contributed by atoms with van der Waals surface area (Å²) in [6.07, 6.45) is 4.25. The van der Waals surface area contributed by atoms with Gasteiger partial charge in [-0.15, -0.1) is 6.58 Å². The van der Waals surface area contributed by atoms with Crippen LogP contribution in [-0.2, 0) is 0 Å². The summed E-state index contributed by atoms with van der Waals surface area (Å²) >= 11 is 0. The standard InChI is InChI=1S/C10H19/c1-6-9(3)8-10(4,5)7-2/h7,9H,1-2,6,8H2,3-5H3. The molecule has 0 bridgehead atoms. The average Bonchev–Trinajstić information content (AvgIpc) is 1.87. The summed E-state index contributed by atoms with van der Waals surface area (Å²) in [6, 6.07) is 0. The average molecular weight is 139 g/mol. The third-order valence-electron chi connectivity index (χ3n) is 1.92. The van der Waals surface area contributed by atoms with Crippen LogP contribution in [0.15, 0.2) is 12.7 Å². The lowest BCUT2D eigenvalue weighted by molar-refractivity contribution is 0.351. The van der Waals surface area contributed by atoms with E-state index in [1.165, 1.54) is 6.42 Å². The van der Waals surface area contributed by atoms with E-state index in [4.69, 9.17) is 0 Å². The predicted octanol–water partition coefficient (Wildman–Crippen LogP) is 3.45. The van der Waals surface area contributed by atoms with Crippen molar-refractivity contribution in [3.05, 3.63) is 19.6 Å². The topological polar surface area (TPSA) is 0 Å². The Balaban J connectivity index is 3.75. The van der Waals surface area contributed by atoms with Crippen LogP contribution in [0.2, 0.25) is 0 Å². The molecule has 0 saturated heterocycles. The van der Waals surface area contributed by atoms with Crippen molar-refractivity contribution in [3.8, 4) is 0 Å². The largest absolute Gasteiger partial charge is 0.103 e. The second kappa shape index (κ2) is 3.80. The highest BCUT2D eigenvalue weighted by atomic mass is 14.2. The number of hydrogen-bond acceptors (Lipinski definition) is 0. The Kier molecular flexibility index (Phi) is 3.70. The van der Waals surface area contributed by atoms with Crippen LogP contribution < -0.4 is 0 Å². The minimum Gasteiger partial charge on any atom is -0.103 e. The van der Waals surface area contributed by atoms with Crippen molar-refractivity contribution in [3.63, 3.8) is 0 Å². The Hall–Kier alpha value is -0.260. The van der Waals surface area contributed by atoms with Gasteiger partial charge in [-0.05, 0) is 17.8 Å². The summed E-state index contributed by atoms with van der Waals surface area (Å²) in [5, 5.41) is 0. The van der Waals surface area contributed by atoms with E-state index in [2.05, 4.69) is 34.3 Å². The molecule has 0 aromatic carbocycles. The molecule has 0 rings (SSSR count). The summed E-state index contributed by atoms with van der Waals surface area (Å²) in [6.45, 7) is 14.3. The molecule has 0 amide bonds. The zero-order valence-electron chi connectivity index (χ0n) is 7.48. The molecule has 0 saturated carbocycles. The van der Waals surface area contributed by atoms with Crippen LogP contribution in [0.5, 0.6) is 0 Å². The Labute approximate surface area is 65.3 Å². The van der Waals surface area contributed by atoms with E-state index in [1.807, 2.05) is 6.08 Å². The second-order valence-corrected chi connectivity index (χ2v) is 3.79. The lowest BCUT2D eigenvalue weighted by atomic mass is 9.83. The molecule has 10 heavy (non-hydrogen) atoms. The monoisotopic (exact) mass is 139 g/mol. The minimum atomic E-state index is 0.289. The van der Waals surface area contributed by atoms with Crippen molar-refractivity contribution < 1.29 is 0 Å². The van der Waals surface area contributed by atoms with Gasteiger partial charge in [0.2, 0.25) is 0 Å². The van der Waals surface area contributed by atoms with Gasteiger partial charge in [-0.2, -0.15) is 0 Å². The molecule has 0 fully saturated rings. The highest BCUT2D eigenvalue weighted by molar-refractivity contribution is 4.88. The van der Waals surface area contributed by atoms with E-state index >= 15 is 0 Å². The van der Waals surface area contributed by atoms with Gasteiger partial charge in [-0.3, -0.25) is 0 Å². The van der Waals surface area contributed by atoms with E-state index in [9.17, 15) is 0 Å². The van der Waals surface area contributed by atoms with Crippen LogP contribution >= 0.6 is 0 Å². The van der Waals surface area contributed by atoms with Crippen LogP contribution in [0.3, 0.4) is 0 Å². The lowest BCUT2D eigenvalue weighted by Crippen LogP contribution is -2.11. The van der Waals surface area contributed by atoms with Crippen LogP contribution in [0.1, 0.15) is 33.6 Å². The highest BCUT2D eigenvalue weighted by Gasteiger charge is 2.15. The molecule has 1 radical (unpaired) electrons. The molecule has 0 heterocycles. The maximum atomic E-state index is 3.87. The third-order valence-corrected chi connectivity index (χ3v) is 1.92. The number of hydrogen-bond donors (Lipinski definition) is 0. The normalized spacial score (nSPS) is 14.8. The van der Waals surface area contributed by atoms with Crippen LogP contribution in [0.4, 0.5) is 0 Å². The Morgan fingerprint density at radius 2 is 2.00 bits per heavy atom. The fourth-order valence-corrected chi connectivity index (χ4v) is 1.08. The molecule has 1 atom stereocenters. The molecule has 0 spiro atoms. The maximum Gasteiger partial charge on any atom is -0.0175 e. The van der Waals surface area contributed by atoms with E-state index in [0.29, 0.717) is 5.92 Å². The minimum absolute atomic E-state index is 0.289. The third kappa shape index (κ3) is 3.71. The summed E-state index contributed by atoms with van der Waals surface area (Å²) in [4.78, 5) is 0. The van der Waals surface area contributed by atoms with Gasteiger partial charge in [-0.25, -0.2) is 0 Å². The zero-order valence-corrected chi connectivity index (χ0v) is 7.48. The van der Waals surface area contributed by atoms with Crippen LogP contribution in [-0.4, -0.2) is 0 Å². The number of rotatable bonds is 4. The first-order valence-corrected chi connectivity index (χ1v) is 3.94. The molecular weight excluding hydrogens is 120 g/mol. The lowest BCUT2D eigenvalue weighted by Gasteiger charge is -2.23. The first-order chi connectivity index (χ1) is 4.52. The van der Waals surface area contributed by atoms with Gasteiger partial charge in [0, 0.05) is 0 Å². The second-order valence-electron chi connectivity index (χ2n) is 3.79. The summed E-state index contributed by atoms with van der Waals surface area (Å²) < 4.78 is 0. The number of allylic oxidation sites excluding steroid dienone is 1. The van der Waals surface area contributed by atoms with Crippen molar-refractivity contribution in [2.24, 2.45) is 11.3 Å². The predicted molar refractivity (Wildman–Crippen MR) is 47.7 cm³/mol. The fourth-order valence-electron chi connectivity index (χ4n) is 1.08. The van der Waals surface area contributed by atoms with Gasteiger partial charge < -0.3 is 0 Å². The van der Waals surface area contributed by atoms with E-state index in [0.717, 1.165) is 6.42 Å². The van der Waals surface area contributed by atoms with Gasteiger partial charge in [0.15, 0.2) is 0 Å². The SMILES string of the molecule is [CH2]CC(C)CC(C)(C)C=C. The summed E-state index contributed by atoms with van der Waals surface area (Å²) in [7, 11) is 0. The molecule has 0 aromatic heterocycles. The van der Waals surface area contributed by atoms with Crippen molar-refractivity contribution in [1.29, 1.82) is 0 Å². The molecule has 0 aliphatic rings. The molecule has 0 aromatic rings. The maximum absolute atomic E-state index is 3.87. The van der Waals surface area contributed by atoms with Gasteiger partial charge in [0.25, 0.3) is 0 Å². The Bertz CT molecular complexity index is 101. The molecular formula is C10H19. The van der Waals surface area contributed by atoms with Crippen molar-refractivity contribution >= 4 is 0 Å². The summed E-state index contributed by atoms with van der Waals surface area (Å²) in [5.74, 6) is 0.716. The highest BCUT2D eigenvalue weighted by Crippen LogP contribution is 2.27. The molecule has 59 valence electrons. The van der Waals surface area contributed by atoms with Gasteiger partial charge in [0.1, 0.15) is 0 Å². The smallest absolute Gasteiger partial charge is 0.0175 e. The Morgan fingerprint density at radius 3 is 2.30 bits per heavy atom. The quantitative estimate of drug-likeness (QED) is 0.523.